The topological polar surface area (TPSA) is 99.0 Å². The molecule has 0 aliphatic carbocycles. The Labute approximate surface area is 176 Å². The molecule has 0 radical (unpaired) electrons. The zero-order valence-corrected chi connectivity index (χ0v) is 16.8. The monoisotopic (exact) mass is 443 g/mol. The van der Waals surface area contributed by atoms with E-state index in [4.69, 9.17) is 4.74 Å². The van der Waals surface area contributed by atoms with Gasteiger partial charge in [-0.1, -0.05) is 0 Å². The number of benzene rings is 2. The van der Waals surface area contributed by atoms with Crippen molar-refractivity contribution >= 4 is 15.7 Å². The van der Waals surface area contributed by atoms with Crippen LogP contribution in [0.2, 0.25) is 0 Å². The van der Waals surface area contributed by atoms with Gasteiger partial charge < -0.3 is 4.74 Å². The van der Waals surface area contributed by atoms with Gasteiger partial charge in [0.2, 0.25) is 5.88 Å². The van der Waals surface area contributed by atoms with Gasteiger partial charge in [0.15, 0.2) is 0 Å². The lowest BCUT2D eigenvalue weighted by atomic mass is 10.3. The molecule has 0 bridgehead atoms. The zero-order valence-electron chi connectivity index (χ0n) is 16.0. The molecule has 0 fully saturated rings. The van der Waals surface area contributed by atoms with Crippen LogP contribution in [0.3, 0.4) is 0 Å². The van der Waals surface area contributed by atoms with Crippen LogP contribution in [-0.2, 0) is 10.0 Å². The van der Waals surface area contributed by atoms with E-state index in [1.807, 2.05) is 6.92 Å². The minimum Gasteiger partial charge on any atom is -0.439 e. The number of hydrogen-bond acceptors (Lipinski definition) is 6. The Bertz CT molecular complexity index is 1340. The molecule has 0 saturated heterocycles. The Morgan fingerprint density at radius 2 is 1.77 bits per heavy atom. The second-order valence-corrected chi connectivity index (χ2v) is 8.02. The number of hydrogen-bond donors (Lipinski definition) is 1. The fourth-order valence-electron chi connectivity index (χ4n) is 2.75. The van der Waals surface area contributed by atoms with Crippen molar-refractivity contribution in [2.24, 2.45) is 0 Å². The van der Waals surface area contributed by atoms with Crippen LogP contribution in [0.5, 0.6) is 11.6 Å². The number of sulfonamides is 1. The molecule has 2 aromatic heterocycles. The van der Waals surface area contributed by atoms with Crippen LogP contribution >= 0.6 is 0 Å². The van der Waals surface area contributed by atoms with E-state index >= 15 is 0 Å². The van der Waals surface area contributed by atoms with E-state index in [0.29, 0.717) is 17.6 Å². The average molecular weight is 443 g/mol. The minimum atomic E-state index is -4.23. The maximum Gasteiger partial charge on any atom is 0.264 e. The van der Waals surface area contributed by atoms with Crippen LogP contribution in [-0.4, -0.2) is 27.9 Å². The van der Waals surface area contributed by atoms with E-state index in [-0.39, 0.29) is 11.6 Å². The summed E-state index contributed by atoms with van der Waals surface area (Å²) in [6.45, 7) is 1.83. The largest absolute Gasteiger partial charge is 0.439 e. The molecule has 158 valence electrons. The van der Waals surface area contributed by atoms with Crippen molar-refractivity contribution in [2.45, 2.75) is 11.8 Å². The van der Waals surface area contributed by atoms with Crippen molar-refractivity contribution in [1.82, 2.24) is 19.5 Å². The first-order chi connectivity index (χ1) is 14.8. The van der Waals surface area contributed by atoms with Crippen molar-refractivity contribution in [2.75, 3.05) is 4.72 Å². The summed E-state index contributed by atoms with van der Waals surface area (Å²) in [5.41, 5.74) is 0.175. The standard InChI is InChI=1S/C20H15F2N5O3S/c1-13-23-8-9-27(13)19-11-20(25-12-24-19)30-16-5-3-15(4-6-16)26-31(28,29)18-7-2-14(21)10-17(18)22/h2-12,26H,1H3. The maximum absolute atomic E-state index is 13.8. The molecule has 11 heteroatoms. The molecule has 4 aromatic rings. The Morgan fingerprint density at radius 1 is 1.00 bits per heavy atom. The first-order valence-corrected chi connectivity index (χ1v) is 10.4. The third-order valence-corrected chi connectivity index (χ3v) is 5.63. The summed E-state index contributed by atoms with van der Waals surface area (Å²) in [5, 5.41) is 0. The molecular formula is C20H15F2N5O3S. The van der Waals surface area contributed by atoms with E-state index < -0.39 is 26.6 Å². The molecule has 0 aliphatic heterocycles. The molecule has 0 saturated carbocycles. The molecule has 0 amide bonds. The molecule has 8 nitrogen and oxygen atoms in total. The number of nitrogens with one attached hydrogen (secondary N) is 1. The second-order valence-electron chi connectivity index (χ2n) is 6.37. The highest BCUT2D eigenvalue weighted by molar-refractivity contribution is 7.92. The lowest BCUT2D eigenvalue weighted by molar-refractivity contribution is 0.461. The van der Waals surface area contributed by atoms with E-state index in [1.165, 1.54) is 30.6 Å². The summed E-state index contributed by atoms with van der Waals surface area (Å²) in [7, 11) is -4.23. The van der Waals surface area contributed by atoms with Gasteiger partial charge in [0, 0.05) is 30.2 Å². The van der Waals surface area contributed by atoms with E-state index in [0.717, 1.165) is 18.0 Å². The van der Waals surface area contributed by atoms with Crippen molar-refractivity contribution in [3.63, 3.8) is 0 Å². The molecule has 0 atom stereocenters. The molecule has 31 heavy (non-hydrogen) atoms. The highest BCUT2D eigenvalue weighted by atomic mass is 32.2. The van der Waals surface area contributed by atoms with Gasteiger partial charge in [0.05, 0.1) is 0 Å². The molecule has 1 N–H and O–H groups in total. The predicted octanol–water partition coefficient (Wildman–Crippen LogP) is 3.84. The molecular weight excluding hydrogens is 428 g/mol. The highest BCUT2D eigenvalue weighted by Gasteiger charge is 2.19. The normalized spacial score (nSPS) is 11.3. The molecule has 0 unspecified atom stereocenters. The maximum atomic E-state index is 13.8. The van der Waals surface area contributed by atoms with Crippen LogP contribution in [0.4, 0.5) is 14.5 Å². The number of aryl methyl sites for hydroxylation is 1. The molecule has 0 spiro atoms. The zero-order chi connectivity index (χ0) is 22.0. The first-order valence-electron chi connectivity index (χ1n) is 8.90. The van der Waals surface area contributed by atoms with E-state index in [1.54, 1.807) is 23.0 Å². The van der Waals surface area contributed by atoms with Crippen LogP contribution in [0, 0.1) is 18.6 Å². The van der Waals surface area contributed by atoms with Gasteiger partial charge in [0.25, 0.3) is 10.0 Å². The molecule has 0 aliphatic rings. The fraction of sp³-hybridized carbons (Fsp3) is 0.0500. The van der Waals surface area contributed by atoms with E-state index in [9.17, 15) is 17.2 Å². The van der Waals surface area contributed by atoms with Crippen LogP contribution in [0.25, 0.3) is 5.82 Å². The number of aromatic nitrogens is 4. The van der Waals surface area contributed by atoms with Gasteiger partial charge >= 0.3 is 0 Å². The summed E-state index contributed by atoms with van der Waals surface area (Å²) in [6, 6.07) is 9.78. The van der Waals surface area contributed by atoms with Gasteiger partial charge in [-0.05, 0) is 43.3 Å². The average Bonchev–Trinajstić information content (AvgIpc) is 3.15. The van der Waals surface area contributed by atoms with Crippen LogP contribution in [0.15, 0.2) is 72.1 Å². The summed E-state index contributed by atoms with van der Waals surface area (Å²) in [4.78, 5) is 11.7. The van der Waals surface area contributed by atoms with Gasteiger partial charge in [-0.3, -0.25) is 9.29 Å². The lowest BCUT2D eigenvalue weighted by Gasteiger charge is -2.10. The molecule has 4 rings (SSSR count). The number of rotatable bonds is 6. The first kappa shape index (κ1) is 20.4. The summed E-state index contributed by atoms with van der Waals surface area (Å²) in [6.07, 6.45) is 4.76. The third kappa shape index (κ3) is 4.51. The molecule has 2 heterocycles. The van der Waals surface area contributed by atoms with Crippen LogP contribution < -0.4 is 9.46 Å². The smallest absolute Gasteiger partial charge is 0.264 e. The number of halogens is 2. The minimum absolute atomic E-state index is 0.175. The van der Waals surface area contributed by atoms with Gasteiger partial charge in [-0.15, -0.1) is 0 Å². The number of ether oxygens (including phenoxy) is 1. The van der Waals surface area contributed by atoms with Gasteiger partial charge in [0.1, 0.15) is 40.2 Å². The SMILES string of the molecule is Cc1nccn1-c1cc(Oc2ccc(NS(=O)(=O)c3ccc(F)cc3F)cc2)ncn1. The van der Waals surface area contributed by atoms with Crippen LogP contribution in [0.1, 0.15) is 5.82 Å². The molecule has 2 aromatic carbocycles. The summed E-state index contributed by atoms with van der Waals surface area (Å²) in [5.74, 6) is -0.0542. The Morgan fingerprint density at radius 3 is 2.45 bits per heavy atom. The summed E-state index contributed by atoms with van der Waals surface area (Å²) >= 11 is 0. The summed E-state index contributed by atoms with van der Waals surface area (Å²) < 4.78 is 61.3. The van der Waals surface area contributed by atoms with Crippen molar-refractivity contribution in [3.05, 3.63) is 84.7 Å². The Hall–Kier alpha value is -3.86. The van der Waals surface area contributed by atoms with Crippen molar-refractivity contribution < 1.29 is 21.9 Å². The number of anilines is 1. The quantitative estimate of drug-likeness (QED) is 0.486. The Balaban J connectivity index is 1.49. The van der Waals surface area contributed by atoms with Gasteiger partial charge in [-0.25, -0.2) is 32.2 Å². The van der Waals surface area contributed by atoms with Crippen molar-refractivity contribution in [3.8, 4) is 17.4 Å². The number of nitrogens with zero attached hydrogens (tertiary/aromatic N) is 4. The fourth-order valence-corrected chi connectivity index (χ4v) is 3.87. The number of imidazole rings is 1. The second kappa shape index (κ2) is 8.11. The van der Waals surface area contributed by atoms with E-state index in [2.05, 4.69) is 19.7 Å². The third-order valence-electron chi connectivity index (χ3n) is 4.21. The highest BCUT2D eigenvalue weighted by Crippen LogP contribution is 2.25. The van der Waals surface area contributed by atoms with Gasteiger partial charge in [-0.2, -0.15) is 0 Å². The predicted molar refractivity (Wildman–Crippen MR) is 108 cm³/mol. The lowest BCUT2D eigenvalue weighted by Crippen LogP contribution is -2.14. The Kier molecular flexibility index (Phi) is 5.34. The van der Waals surface area contributed by atoms with Crippen molar-refractivity contribution in [1.29, 1.82) is 0 Å².